The van der Waals surface area contributed by atoms with Crippen LogP contribution in [0.1, 0.15) is 17.3 Å². The van der Waals surface area contributed by atoms with Gasteiger partial charge in [-0.15, -0.1) is 0 Å². The van der Waals surface area contributed by atoms with Crippen LogP contribution >= 0.6 is 11.8 Å². The molecule has 2 nitrogen and oxygen atoms in total. The largest absolute Gasteiger partial charge is 0.294 e. The monoisotopic (exact) mass is 193 g/mol. The Labute approximate surface area is 80.8 Å². The summed E-state index contributed by atoms with van der Waals surface area (Å²) < 4.78 is 1.45. The first-order chi connectivity index (χ1) is 6.20. The number of carbonyl (C=O) groups excluding carboxylic acids is 1. The molecule has 0 amide bonds. The standard InChI is InChI=1S/C10H8ClNO/c1-7(13)9-6-12(11)10-5-3-2-4-8(9)10/h2-6H,1H3. The van der Waals surface area contributed by atoms with Crippen molar-refractivity contribution in [1.29, 1.82) is 0 Å². The van der Waals surface area contributed by atoms with Gasteiger partial charge in [0.05, 0.1) is 5.52 Å². The van der Waals surface area contributed by atoms with Gasteiger partial charge in [-0.2, -0.15) is 0 Å². The predicted molar refractivity (Wildman–Crippen MR) is 53.2 cm³/mol. The van der Waals surface area contributed by atoms with Gasteiger partial charge in [0.1, 0.15) is 0 Å². The van der Waals surface area contributed by atoms with Crippen LogP contribution in [-0.4, -0.2) is 9.87 Å². The van der Waals surface area contributed by atoms with Crippen LogP contribution in [0.25, 0.3) is 10.9 Å². The Kier molecular flexibility index (Phi) is 1.85. The van der Waals surface area contributed by atoms with Gasteiger partial charge in [0, 0.05) is 28.9 Å². The molecule has 66 valence electrons. The van der Waals surface area contributed by atoms with Crippen LogP contribution in [0.5, 0.6) is 0 Å². The van der Waals surface area contributed by atoms with Crippen molar-refractivity contribution >= 4 is 28.5 Å². The first-order valence-electron chi connectivity index (χ1n) is 3.97. The second-order valence-corrected chi connectivity index (χ2v) is 3.29. The minimum absolute atomic E-state index is 0.0376. The van der Waals surface area contributed by atoms with Gasteiger partial charge in [0.25, 0.3) is 0 Å². The molecule has 0 spiro atoms. The Morgan fingerprint density at radius 3 is 2.77 bits per heavy atom. The summed E-state index contributed by atoms with van der Waals surface area (Å²) in [5.74, 6) is 0.0376. The summed E-state index contributed by atoms with van der Waals surface area (Å²) in [6.45, 7) is 1.54. The molecule has 3 heteroatoms. The highest BCUT2D eigenvalue weighted by Crippen LogP contribution is 2.22. The highest BCUT2D eigenvalue weighted by atomic mass is 35.5. The minimum Gasteiger partial charge on any atom is -0.294 e. The number of benzene rings is 1. The van der Waals surface area contributed by atoms with Gasteiger partial charge < -0.3 is 0 Å². The topological polar surface area (TPSA) is 22.0 Å². The molecule has 0 aliphatic heterocycles. The van der Waals surface area contributed by atoms with Crippen molar-refractivity contribution in [2.24, 2.45) is 0 Å². The van der Waals surface area contributed by atoms with Gasteiger partial charge >= 0.3 is 0 Å². The van der Waals surface area contributed by atoms with Crippen molar-refractivity contribution in [3.63, 3.8) is 0 Å². The summed E-state index contributed by atoms with van der Waals surface area (Å²) >= 11 is 5.89. The molecule has 0 aliphatic carbocycles. The lowest BCUT2D eigenvalue weighted by molar-refractivity contribution is 0.101. The number of aromatic nitrogens is 1. The zero-order valence-electron chi connectivity index (χ0n) is 7.12. The van der Waals surface area contributed by atoms with E-state index in [2.05, 4.69) is 0 Å². The van der Waals surface area contributed by atoms with Gasteiger partial charge in [-0.1, -0.05) is 18.2 Å². The number of fused-ring (bicyclic) bond motifs is 1. The number of Topliss-reactive ketones (excluding diaryl/α,β-unsaturated/α-hetero) is 1. The maximum absolute atomic E-state index is 11.2. The SMILES string of the molecule is CC(=O)c1cn(Cl)c2ccccc12. The lowest BCUT2D eigenvalue weighted by Gasteiger charge is -1.91. The lowest BCUT2D eigenvalue weighted by Crippen LogP contribution is -1.88. The molecule has 0 saturated heterocycles. The zero-order chi connectivity index (χ0) is 9.42. The van der Waals surface area contributed by atoms with E-state index in [4.69, 9.17) is 11.8 Å². The first kappa shape index (κ1) is 8.32. The number of carbonyl (C=O) groups is 1. The molecular weight excluding hydrogens is 186 g/mol. The summed E-state index contributed by atoms with van der Waals surface area (Å²) in [4.78, 5) is 11.2. The van der Waals surface area contributed by atoms with Gasteiger partial charge in [0.2, 0.25) is 0 Å². The Bertz CT molecular complexity index is 473. The van der Waals surface area contributed by atoms with E-state index < -0.39 is 0 Å². The molecule has 0 unspecified atom stereocenters. The van der Waals surface area contributed by atoms with Crippen LogP contribution in [-0.2, 0) is 0 Å². The van der Waals surface area contributed by atoms with Gasteiger partial charge in [-0.05, 0) is 13.0 Å². The van der Waals surface area contributed by atoms with Crippen molar-refractivity contribution in [3.05, 3.63) is 36.0 Å². The van der Waals surface area contributed by atoms with Crippen LogP contribution in [0.2, 0.25) is 0 Å². The fourth-order valence-corrected chi connectivity index (χ4v) is 1.67. The van der Waals surface area contributed by atoms with Crippen molar-refractivity contribution in [1.82, 2.24) is 4.09 Å². The first-order valence-corrected chi connectivity index (χ1v) is 4.31. The van der Waals surface area contributed by atoms with Crippen LogP contribution in [0.4, 0.5) is 0 Å². The molecule has 13 heavy (non-hydrogen) atoms. The molecule has 1 aromatic heterocycles. The van der Waals surface area contributed by atoms with E-state index in [-0.39, 0.29) is 5.78 Å². The fraction of sp³-hybridized carbons (Fsp3) is 0.100. The van der Waals surface area contributed by atoms with Crippen LogP contribution < -0.4 is 0 Å². The number of nitrogens with zero attached hydrogens (tertiary/aromatic N) is 1. The van der Waals surface area contributed by atoms with Crippen LogP contribution in [0.15, 0.2) is 30.5 Å². The fourth-order valence-electron chi connectivity index (χ4n) is 1.42. The third-order valence-electron chi connectivity index (χ3n) is 2.05. The van der Waals surface area contributed by atoms with E-state index in [9.17, 15) is 4.79 Å². The molecular formula is C10H8ClNO. The molecule has 0 fully saturated rings. The smallest absolute Gasteiger partial charge is 0.162 e. The number of ketones is 1. The van der Waals surface area contributed by atoms with Crippen LogP contribution in [0.3, 0.4) is 0 Å². The third-order valence-corrected chi connectivity index (χ3v) is 2.33. The second-order valence-electron chi connectivity index (χ2n) is 2.93. The van der Waals surface area contributed by atoms with E-state index >= 15 is 0 Å². The van der Waals surface area contributed by atoms with Crippen molar-refractivity contribution in [2.45, 2.75) is 6.92 Å². The predicted octanol–water partition coefficient (Wildman–Crippen LogP) is 2.85. The Morgan fingerprint density at radius 1 is 1.38 bits per heavy atom. The highest BCUT2D eigenvalue weighted by Gasteiger charge is 2.09. The number of rotatable bonds is 1. The van der Waals surface area contributed by atoms with Crippen molar-refractivity contribution in [2.75, 3.05) is 0 Å². The van der Waals surface area contributed by atoms with E-state index in [0.717, 1.165) is 10.9 Å². The minimum atomic E-state index is 0.0376. The summed E-state index contributed by atoms with van der Waals surface area (Å²) in [6.07, 6.45) is 1.65. The number of hydrogen-bond donors (Lipinski definition) is 0. The van der Waals surface area contributed by atoms with E-state index in [0.29, 0.717) is 5.56 Å². The quantitative estimate of drug-likeness (QED) is 0.639. The molecule has 2 rings (SSSR count). The van der Waals surface area contributed by atoms with E-state index in [1.807, 2.05) is 24.3 Å². The average molecular weight is 194 g/mol. The summed E-state index contributed by atoms with van der Waals surface area (Å²) in [5.41, 5.74) is 1.54. The molecule has 0 atom stereocenters. The number of halogens is 1. The number of hydrogen-bond acceptors (Lipinski definition) is 1. The average Bonchev–Trinajstić information content (AvgIpc) is 2.45. The molecule has 1 aromatic carbocycles. The highest BCUT2D eigenvalue weighted by molar-refractivity contribution is 6.21. The molecule has 0 bridgehead atoms. The lowest BCUT2D eigenvalue weighted by atomic mass is 10.1. The van der Waals surface area contributed by atoms with Gasteiger partial charge in [0.15, 0.2) is 5.78 Å². The molecule has 0 radical (unpaired) electrons. The van der Waals surface area contributed by atoms with Gasteiger partial charge in [-0.3, -0.25) is 8.88 Å². The maximum atomic E-state index is 11.2. The Balaban J connectivity index is 2.85. The number of para-hydroxylation sites is 1. The van der Waals surface area contributed by atoms with E-state index in [1.165, 1.54) is 4.09 Å². The Morgan fingerprint density at radius 2 is 2.08 bits per heavy atom. The molecule has 0 N–H and O–H groups in total. The Hall–Kier alpha value is -1.28. The summed E-state index contributed by atoms with van der Waals surface area (Å²) in [6, 6.07) is 7.57. The maximum Gasteiger partial charge on any atom is 0.162 e. The summed E-state index contributed by atoms with van der Waals surface area (Å²) in [5, 5.41) is 0.907. The normalized spacial score (nSPS) is 10.6. The molecule has 0 saturated carbocycles. The zero-order valence-corrected chi connectivity index (χ0v) is 7.88. The molecule has 2 aromatic rings. The molecule has 1 heterocycles. The third kappa shape index (κ3) is 1.23. The second kappa shape index (κ2) is 2.89. The summed E-state index contributed by atoms with van der Waals surface area (Å²) in [7, 11) is 0. The van der Waals surface area contributed by atoms with Crippen LogP contribution in [0, 0.1) is 0 Å². The van der Waals surface area contributed by atoms with Crippen molar-refractivity contribution in [3.8, 4) is 0 Å². The van der Waals surface area contributed by atoms with Gasteiger partial charge in [-0.25, -0.2) is 0 Å². The van der Waals surface area contributed by atoms with E-state index in [1.54, 1.807) is 13.1 Å². The van der Waals surface area contributed by atoms with Crippen molar-refractivity contribution < 1.29 is 4.79 Å². The molecule has 0 aliphatic rings.